The first-order valence-electron chi connectivity index (χ1n) is 8.67. The van der Waals surface area contributed by atoms with Crippen molar-refractivity contribution in [2.75, 3.05) is 20.3 Å². The van der Waals surface area contributed by atoms with E-state index in [0.717, 1.165) is 22.9 Å². The van der Waals surface area contributed by atoms with Crippen molar-refractivity contribution in [2.45, 2.75) is 13.3 Å². The van der Waals surface area contributed by atoms with Crippen LogP contribution in [0.1, 0.15) is 11.1 Å². The molecule has 0 saturated carbocycles. The third kappa shape index (κ3) is 4.54. The first kappa shape index (κ1) is 17.8. The molecule has 0 radical (unpaired) electrons. The van der Waals surface area contributed by atoms with E-state index in [4.69, 9.17) is 9.47 Å². The lowest BCUT2D eigenvalue weighted by Gasteiger charge is -2.10. The first-order chi connectivity index (χ1) is 12.7. The molecule has 0 fully saturated rings. The van der Waals surface area contributed by atoms with Crippen LogP contribution in [0.3, 0.4) is 0 Å². The lowest BCUT2D eigenvalue weighted by Crippen LogP contribution is -2.30. The number of hydrogen-bond acceptors (Lipinski definition) is 3. The molecule has 0 aliphatic heterocycles. The molecule has 0 heterocycles. The molecule has 1 amide bonds. The van der Waals surface area contributed by atoms with Gasteiger partial charge in [-0.05, 0) is 59.5 Å². The van der Waals surface area contributed by atoms with E-state index in [0.29, 0.717) is 12.3 Å². The lowest BCUT2D eigenvalue weighted by atomic mass is 10.1. The minimum Gasteiger partial charge on any atom is -0.497 e. The summed E-state index contributed by atoms with van der Waals surface area (Å²) < 4.78 is 10.9. The molecule has 0 aromatic heterocycles. The van der Waals surface area contributed by atoms with Gasteiger partial charge in [-0.25, -0.2) is 0 Å². The third-order valence-corrected chi connectivity index (χ3v) is 4.37. The van der Waals surface area contributed by atoms with Crippen LogP contribution < -0.4 is 14.8 Å². The van der Waals surface area contributed by atoms with Gasteiger partial charge in [0, 0.05) is 6.54 Å². The minimum atomic E-state index is -0.121. The van der Waals surface area contributed by atoms with Crippen molar-refractivity contribution in [3.05, 3.63) is 71.8 Å². The molecule has 3 aromatic rings. The van der Waals surface area contributed by atoms with Gasteiger partial charge in [0.1, 0.15) is 11.5 Å². The molecule has 134 valence electrons. The van der Waals surface area contributed by atoms with E-state index in [1.165, 1.54) is 11.1 Å². The first-order valence-corrected chi connectivity index (χ1v) is 8.67. The van der Waals surface area contributed by atoms with E-state index in [1.807, 2.05) is 48.5 Å². The Morgan fingerprint density at radius 3 is 2.46 bits per heavy atom. The average molecular weight is 349 g/mol. The maximum absolute atomic E-state index is 12.0. The predicted molar refractivity (Wildman–Crippen MR) is 104 cm³/mol. The Hall–Kier alpha value is -3.01. The second-order valence-corrected chi connectivity index (χ2v) is 6.19. The second-order valence-electron chi connectivity index (χ2n) is 6.19. The van der Waals surface area contributed by atoms with Gasteiger partial charge in [0.05, 0.1) is 7.11 Å². The number of carbonyl (C=O) groups excluding carboxylic acids is 1. The van der Waals surface area contributed by atoms with Gasteiger partial charge in [-0.3, -0.25) is 4.79 Å². The standard InChI is InChI=1S/C22H23NO3/c1-16-5-3-4-6-17(16)11-12-23-22(24)15-26-21-10-8-18-7-9-20(25-2)13-19(18)14-21/h3-10,13-14H,11-12,15H2,1-2H3,(H,23,24). The zero-order valence-corrected chi connectivity index (χ0v) is 15.1. The van der Waals surface area contributed by atoms with E-state index < -0.39 is 0 Å². The van der Waals surface area contributed by atoms with Crippen molar-refractivity contribution in [1.82, 2.24) is 5.32 Å². The van der Waals surface area contributed by atoms with Gasteiger partial charge < -0.3 is 14.8 Å². The van der Waals surface area contributed by atoms with E-state index in [1.54, 1.807) is 7.11 Å². The second kappa shape index (κ2) is 8.39. The Labute approximate surface area is 153 Å². The molecule has 0 spiro atoms. The maximum Gasteiger partial charge on any atom is 0.257 e. The molecule has 4 heteroatoms. The molecule has 0 bridgehead atoms. The van der Waals surface area contributed by atoms with Crippen LogP contribution in [0.15, 0.2) is 60.7 Å². The van der Waals surface area contributed by atoms with Gasteiger partial charge in [0.15, 0.2) is 6.61 Å². The number of hydrogen-bond donors (Lipinski definition) is 1. The van der Waals surface area contributed by atoms with Crippen LogP contribution in [0.2, 0.25) is 0 Å². The van der Waals surface area contributed by atoms with Crippen LogP contribution in [0.4, 0.5) is 0 Å². The van der Waals surface area contributed by atoms with Crippen LogP contribution >= 0.6 is 0 Å². The van der Waals surface area contributed by atoms with E-state index in [2.05, 4.69) is 24.4 Å². The molecule has 4 nitrogen and oxygen atoms in total. The van der Waals surface area contributed by atoms with Crippen LogP contribution in [0, 0.1) is 6.92 Å². The Morgan fingerprint density at radius 1 is 0.962 bits per heavy atom. The Bertz CT molecular complexity index is 905. The lowest BCUT2D eigenvalue weighted by molar-refractivity contribution is -0.123. The highest BCUT2D eigenvalue weighted by Crippen LogP contribution is 2.24. The number of rotatable bonds is 7. The quantitative estimate of drug-likeness (QED) is 0.704. The number of nitrogens with one attached hydrogen (secondary N) is 1. The summed E-state index contributed by atoms with van der Waals surface area (Å²) in [7, 11) is 1.64. The monoisotopic (exact) mass is 349 g/mol. The zero-order chi connectivity index (χ0) is 18.4. The fraction of sp³-hybridized carbons (Fsp3) is 0.227. The van der Waals surface area contributed by atoms with E-state index >= 15 is 0 Å². The van der Waals surface area contributed by atoms with Gasteiger partial charge >= 0.3 is 0 Å². The fourth-order valence-corrected chi connectivity index (χ4v) is 2.85. The molecule has 0 aliphatic rings. The Balaban J connectivity index is 1.51. The van der Waals surface area contributed by atoms with Gasteiger partial charge in [-0.1, -0.05) is 36.4 Å². The average Bonchev–Trinajstić information content (AvgIpc) is 2.67. The van der Waals surface area contributed by atoms with Crippen molar-refractivity contribution in [2.24, 2.45) is 0 Å². The Kier molecular flexibility index (Phi) is 5.74. The summed E-state index contributed by atoms with van der Waals surface area (Å²) in [6.07, 6.45) is 0.814. The molecule has 1 N–H and O–H groups in total. The Morgan fingerprint density at radius 2 is 1.69 bits per heavy atom. The van der Waals surface area contributed by atoms with Crippen molar-refractivity contribution in [1.29, 1.82) is 0 Å². The van der Waals surface area contributed by atoms with Crippen molar-refractivity contribution < 1.29 is 14.3 Å². The van der Waals surface area contributed by atoms with Gasteiger partial charge in [-0.15, -0.1) is 0 Å². The normalized spacial score (nSPS) is 10.5. The zero-order valence-electron chi connectivity index (χ0n) is 15.1. The number of methoxy groups -OCH3 is 1. The van der Waals surface area contributed by atoms with Crippen molar-refractivity contribution in [3.8, 4) is 11.5 Å². The molecule has 0 aliphatic carbocycles. The number of fused-ring (bicyclic) bond motifs is 1. The van der Waals surface area contributed by atoms with Gasteiger partial charge in [0.2, 0.25) is 0 Å². The minimum absolute atomic E-state index is 0.00322. The maximum atomic E-state index is 12.0. The molecular weight excluding hydrogens is 326 g/mol. The molecule has 0 saturated heterocycles. The number of aryl methyl sites for hydroxylation is 1. The summed E-state index contributed by atoms with van der Waals surface area (Å²) in [5, 5.41) is 5.01. The van der Waals surface area contributed by atoms with Crippen molar-refractivity contribution in [3.63, 3.8) is 0 Å². The molecule has 0 atom stereocenters. The predicted octanol–water partition coefficient (Wildman–Crippen LogP) is 3.89. The summed E-state index contributed by atoms with van der Waals surface area (Å²) in [6, 6.07) is 19.8. The highest BCUT2D eigenvalue weighted by atomic mass is 16.5. The topological polar surface area (TPSA) is 47.6 Å². The number of benzene rings is 3. The number of amides is 1. The summed E-state index contributed by atoms with van der Waals surface area (Å²) in [5.74, 6) is 1.34. The number of ether oxygens (including phenoxy) is 2. The van der Waals surface area contributed by atoms with Gasteiger partial charge in [0.25, 0.3) is 5.91 Å². The highest BCUT2D eigenvalue weighted by molar-refractivity contribution is 5.85. The molecular formula is C22H23NO3. The van der Waals surface area contributed by atoms with E-state index in [-0.39, 0.29) is 12.5 Å². The SMILES string of the molecule is COc1ccc2ccc(OCC(=O)NCCc3ccccc3C)cc2c1. The third-order valence-electron chi connectivity index (χ3n) is 4.37. The van der Waals surface area contributed by atoms with Crippen molar-refractivity contribution >= 4 is 16.7 Å². The summed E-state index contributed by atoms with van der Waals surface area (Å²) in [5.41, 5.74) is 2.49. The summed E-state index contributed by atoms with van der Waals surface area (Å²) in [4.78, 5) is 12.0. The smallest absolute Gasteiger partial charge is 0.257 e. The van der Waals surface area contributed by atoms with Gasteiger partial charge in [-0.2, -0.15) is 0 Å². The molecule has 26 heavy (non-hydrogen) atoms. The summed E-state index contributed by atoms with van der Waals surface area (Å²) >= 11 is 0. The highest BCUT2D eigenvalue weighted by Gasteiger charge is 2.05. The van der Waals surface area contributed by atoms with Crippen LogP contribution in [-0.2, 0) is 11.2 Å². The van der Waals surface area contributed by atoms with Crippen LogP contribution in [0.5, 0.6) is 11.5 Å². The van der Waals surface area contributed by atoms with Crippen LogP contribution in [-0.4, -0.2) is 26.2 Å². The summed E-state index contributed by atoms with van der Waals surface area (Å²) in [6.45, 7) is 2.68. The molecule has 3 rings (SSSR count). The largest absolute Gasteiger partial charge is 0.497 e. The number of carbonyl (C=O) groups is 1. The van der Waals surface area contributed by atoms with E-state index in [9.17, 15) is 4.79 Å². The molecule has 3 aromatic carbocycles. The fourth-order valence-electron chi connectivity index (χ4n) is 2.85. The van der Waals surface area contributed by atoms with Crippen LogP contribution in [0.25, 0.3) is 10.8 Å². The molecule has 0 unspecified atom stereocenters.